The Balaban J connectivity index is 2.09. The lowest BCUT2D eigenvalue weighted by Crippen LogP contribution is -2.27. The van der Waals surface area contributed by atoms with Crippen molar-refractivity contribution < 1.29 is 10.2 Å². The van der Waals surface area contributed by atoms with Crippen molar-refractivity contribution in [3.8, 4) is 0 Å². The number of benzene rings is 1. The van der Waals surface area contributed by atoms with Gasteiger partial charge in [-0.25, -0.2) is 0 Å². The Morgan fingerprint density at radius 1 is 1.27 bits per heavy atom. The van der Waals surface area contributed by atoms with Crippen molar-refractivity contribution >= 4 is 0 Å². The van der Waals surface area contributed by atoms with E-state index in [4.69, 9.17) is 5.21 Å². The molecule has 0 spiro atoms. The van der Waals surface area contributed by atoms with Crippen molar-refractivity contribution in [2.24, 2.45) is 5.28 Å². The summed E-state index contributed by atoms with van der Waals surface area (Å²) in [5.74, 6) is 0. The fourth-order valence-electron chi connectivity index (χ4n) is 2.80. The van der Waals surface area contributed by atoms with Gasteiger partial charge in [-0.05, 0) is 24.0 Å². The Hall–Kier alpha value is -1.78. The van der Waals surface area contributed by atoms with E-state index in [1.165, 1.54) is 11.1 Å². The minimum Gasteiger partial charge on any atom is -0.569 e. The van der Waals surface area contributed by atoms with Gasteiger partial charge >= 0.3 is 0 Å². The number of hydrazine groups is 1. The molecule has 5 nitrogen and oxygen atoms in total. The van der Waals surface area contributed by atoms with Crippen molar-refractivity contribution in [1.29, 1.82) is 0 Å². The van der Waals surface area contributed by atoms with Crippen LogP contribution in [0.4, 0.5) is 0 Å². The molecule has 0 aliphatic carbocycles. The van der Waals surface area contributed by atoms with Crippen LogP contribution >= 0.6 is 0 Å². The largest absolute Gasteiger partial charge is 0.569 e. The lowest BCUT2D eigenvalue weighted by atomic mass is 9.92. The molecular formula is C10H11N3O2. The second kappa shape index (κ2) is 2.85. The van der Waals surface area contributed by atoms with Gasteiger partial charge in [-0.1, -0.05) is 24.3 Å². The van der Waals surface area contributed by atoms with Crippen molar-refractivity contribution in [1.82, 2.24) is 5.01 Å². The highest BCUT2D eigenvalue weighted by molar-refractivity contribution is 5.39. The van der Waals surface area contributed by atoms with E-state index in [2.05, 4.69) is 5.28 Å². The third-order valence-corrected chi connectivity index (χ3v) is 3.34. The standard InChI is InChI=1S/C10H11N3O2/c14-11-13(15)12-9-5-6-10(12)8-4-2-1-3-7(8)9/h1-4,9-10,14H,5-6H2/b13-11+. The van der Waals surface area contributed by atoms with Crippen LogP contribution in [0.2, 0.25) is 0 Å². The molecule has 1 aromatic rings. The van der Waals surface area contributed by atoms with E-state index in [-0.39, 0.29) is 12.1 Å². The van der Waals surface area contributed by atoms with Crippen LogP contribution in [-0.4, -0.2) is 15.2 Å². The van der Waals surface area contributed by atoms with Gasteiger partial charge in [0.2, 0.25) is 5.28 Å². The predicted octanol–water partition coefficient (Wildman–Crippen LogP) is 2.14. The lowest BCUT2D eigenvalue weighted by molar-refractivity contribution is -0.720. The molecule has 2 bridgehead atoms. The summed E-state index contributed by atoms with van der Waals surface area (Å²) in [6, 6.07) is 8.19. The molecule has 1 fully saturated rings. The lowest BCUT2D eigenvalue weighted by Gasteiger charge is -2.16. The number of rotatable bonds is 1. The maximum atomic E-state index is 11.4. The number of hydrogen-bond donors (Lipinski definition) is 1. The fourth-order valence-corrected chi connectivity index (χ4v) is 2.80. The Kier molecular flexibility index (Phi) is 1.62. The van der Waals surface area contributed by atoms with Gasteiger partial charge < -0.3 is 10.4 Å². The molecule has 2 aliphatic rings. The number of hydrogen-bond acceptors (Lipinski definition) is 2. The van der Waals surface area contributed by atoms with E-state index >= 15 is 0 Å². The molecule has 1 N–H and O–H groups in total. The van der Waals surface area contributed by atoms with Crippen LogP contribution in [0.5, 0.6) is 0 Å². The summed E-state index contributed by atoms with van der Waals surface area (Å²) in [7, 11) is 0. The van der Waals surface area contributed by atoms with Crippen LogP contribution in [0.3, 0.4) is 0 Å². The van der Waals surface area contributed by atoms with Gasteiger partial charge in [-0.2, -0.15) is 0 Å². The predicted molar refractivity (Wildman–Crippen MR) is 50.8 cm³/mol. The Bertz CT molecular complexity index is 401. The highest BCUT2D eigenvalue weighted by Crippen LogP contribution is 2.52. The van der Waals surface area contributed by atoms with Gasteiger partial charge in [0.05, 0.1) is 4.97 Å². The van der Waals surface area contributed by atoms with E-state index < -0.39 is 0 Å². The van der Waals surface area contributed by atoms with Gasteiger partial charge in [0.15, 0.2) is 0 Å². The molecule has 0 aromatic heterocycles. The maximum absolute atomic E-state index is 11.4. The zero-order valence-electron chi connectivity index (χ0n) is 8.08. The average Bonchev–Trinajstić information content (AvgIpc) is 2.84. The van der Waals surface area contributed by atoms with E-state index in [1.54, 1.807) is 5.01 Å². The molecule has 2 unspecified atom stereocenters. The minimum atomic E-state index is 0.0830. The first-order valence-electron chi connectivity index (χ1n) is 5.02. The second-order valence-electron chi connectivity index (χ2n) is 3.96. The SMILES string of the molecule is [O-]/[N+](=N/O)N1C2CCC1c1ccccc12. The van der Waals surface area contributed by atoms with Crippen LogP contribution in [-0.2, 0) is 0 Å². The molecule has 2 aliphatic heterocycles. The topological polar surface area (TPSA) is 61.9 Å². The van der Waals surface area contributed by atoms with E-state index in [0.717, 1.165) is 12.8 Å². The van der Waals surface area contributed by atoms with E-state index in [1.807, 2.05) is 24.3 Å². The smallest absolute Gasteiger partial charge is 0.230 e. The van der Waals surface area contributed by atoms with Gasteiger partial charge in [0.1, 0.15) is 12.1 Å². The third-order valence-electron chi connectivity index (χ3n) is 3.34. The van der Waals surface area contributed by atoms with Crippen molar-refractivity contribution in [3.63, 3.8) is 0 Å². The summed E-state index contributed by atoms with van der Waals surface area (Å²) in [6.07, 6.45) is 1.91. The molecule has 2 heterocycles. The molecule has 0 amide bonds. The molecule has 15 heavy (non-hydrogen) atoms. The Morgan fingerprint density at radius 3 is 2.27 bits per heavy atom. The first-order chi connectivity index (χ1) is 7.33. The summed E-state index contributed by atoms with van der Waals surface area (Å²) in [5, 5.41) is 24.2. The number of fused-ring (bicyclic) bond motifs is 5. The van der Waals surface area contributed by atoms with Crippen LogP contribution in [0, 0.1) is 5.21 Å². The molecule has 1 aromatic carbocycles. The minimum absolute atomic E-state index is 0.0830. The molecule has 1 saturated heterocycles. The van der Waals surface area contributed by atoms with Crippen LogP contribution in [0.15, 0.2) is 29.5 Å². The summed E-state index contributed by atoms with van der Waals surface area (Å²) in [6.45, 7) is 0. The van der Waals surface area contributed by atoms with Crippen molar-refractivity contribution in [2.45, 2.75) is 24.9 Å². The molecule has 0 radical (unpaired) electrons. The van der Waals surface area contributed by atoms with E-state index in [0.29, 0.717) is 4.97 Å². The summed E-state index contributed by atoms with van der Waals surface area (Å²) < 4.78 is 0. The molecule has 2 atom stereocenters. The molecular weight excluding hydrogens is 194 g/mol. The highest BCUT2D eigenvalue weighted by Gasteiger charge is 2.49. The van der Waals surface area contributed by atoms with Gasteiger partial charge in [0, 0.05) is 0 Å². The molecule has 0 saturated carbocycles. The maximum Gasteiger partial charge on any atom is 0.230 e. The third kappa shape index (κ3) is 0.973. The van der Waals surface area contributed by atoms with Crippen molar-refractivity contribution in [3.05, 3.63) is 40.6 Å². The monoisotopic (exact) mass is 205 g/mol. The Morgan fingerprint density at radius 2 is 1.80 bits per heavy atom. The fraction of sp³-hybridized carbons (Fsp3) is 0.400. The number of nitrogens with zero attached hydrogens (tertiary/aromatic N) is 3. The zero-order valence-corrected chi connectivity index (χ0v) is 8.08. The first-order valence-corrected chi connectivity index (χ1v) is 5.02. The van der Waals surface area contributed by atoms with Gasteiger partial charge in [0.25, 0.3) is 0 Å². The van der Waals surface area contributed by atoms with Crippen LogP contribution in [0.25, 0.3) is 0 Å². The zero-order chi connectivity index (χ0) is 10.4. The van der Waals surface area contributed by atoms with Crippen LogP contribution < -0.4 is 0 Å². The summed E-state index contributed by atoms with van der Waals surface area (Å²) in [4.78, 5) is 0.308. The van der Waals surface area contributed by atoms with Gasteiger partial charge in [-0.3, -0.25) is 0 Å². The normalized spacial score (nSPS) is 28.3. The molecule has 5 heteroatoms. The van der Waals surface area contributed by atoms with E-state index in [9.17, 15) is 5.21 Å². The molecule has 3 rings (SSSR count). The molecule has 78 valence electrons. The highest BCUT2D eigenvalue weighted by atomic mass is 16.6. The summed E-state index contributed by atoms with van der Waals surface area (Å²) >= 11 is 0. The quantitative estimate of drug-likeness (QED) is 0.434. The van der Waals surface area contributed by atoms with Gasteiger partial charge in [-0.15, -0.1) is 5.01 Å². The second-order valence-corrected chi connectivity index (χ2v) is 3.96. The van der Waals surface area contributed by atoms with Crippen molar-refractivity contribution in [2.75, 3.05) is 0 Å². The first kappa shape index (κ1) is 8.52. The summed E-state index contributed by atoms with van der Waals surface area (Å²) in [5.41, 5.74) is 2.39. The Labute approximate surface area is 86.8 Å². The average molecular weight is 205 g/mol. The van der Waals surface area contributed by atoms with Crippen LogP contribution in [0.1, 0.15) is 36.1 Å².